The zero-order chi connectivity index (χ0) is 18.8. The highest BCUT2D eigenvalue weighted by atomic mass is 16.5. The van der Waals surface area contributed by atoms with Crippen molar-refractivity contribution in [1.82, 2.24) is 25.0 Å². The lowest BCUT2D eigenvalue weighted by Gasteiger charge is -2.37. The topological polar surface area (TPSA) is 103 Å². The standard InChI is InChI=1S/C18H17N5O4/c1-25-12-3-4-13(15(7-12)26-2)18(24)23-9-11(10-23)17-21-16(22-27-17)14-8-19-5-6-20-14/h3-8,11H,9-10H2,1-2H3. The third kappa shape index (κ3) is 3.19. The molecule has 138 valence electrons. The van der Waals surface area contributed by atoms with E-state index < -0.39 is 0 Å². The maximum atomic E-state index is 12.7. The lowest BCUT2D eigenvalue weighted by molar-refractivity contribution is 0.0566. The largest absolute Gasteiger partial charge is 0.497 e. The Hall–Kier alpha value is -3.49. The minimum atomic E-state index is -0.112. The molecule has 0 aliphatic carbocycles. The average molecular weight is 367 g/mol. The van der Waals surface area contributed by atoms with Crippen LogP contribution in [0.15, 0.2) is 41.3 Å². The molecule has 0 spiro atoms. The summed E-state index contributed by atoms with van der Waals surface area (Å²) in [4.78, 5) is 26.9. The third-order valence-corrected chi connectivity index (χ3v) is 4.39. The minimum absolute atomic E-state index is 0.00360. The number of amides is 1. The Labute approximate surface area is 155 Å². The number of hydrogen-bond acceptors (Lipinski definition) is 8. The van der Waals surface area contributed by atoms with Crippen LogP contribution in [0.5, 0.6) is 11.5 Å². The number of aromatic nitrogens is 4. The lowest BCUT2D eigenvalue weighted by Crippen LogP contribution is -2.48. The molecular formula is C18H17N5O4. The Bertz CT molecular complexity index is 953. The van der Waals surface area contributed by atoms with Crippen LogP contribution in [-0.4, -0.2) is 58.2 Å². The highest BCUT2D eigenvalue weighted by molar-refractivity contribution is 5.97. The molecule has 1 aromatic carbocycles. The van der Waals surface area contributed by atoms with Gasteiger partial charge in [0.1, 0.15) is 17.2 Å². The van der Waals surface area contributed by atoms with E-state index in [1.54, 1.807) is 48.8 Å². The van der Waals surface area contributed by atoms with Gasteiger partial charge in [-0.3, -0.25) is 9.78 Å². The van der Waals surface area contributed by atoms with Crippen molar-refractivity contribution >= 4 is 5.91 Å². The van der Waals surface area contributed by atoms with Gasteiger partial charge in [0, 0.05) is 31.5 Å². The molecule has 0 unspecified atom stereocenters. The van der Waals surface area contributed by atoms with Crippen LogP contribution in [0.1, 0.15) is 22.2 Å². The zero-order valence-corrected chi connectivity index (χ0v) is 14.8. The molecule has 0 bridgehead atoms. The van der Waals surface area contributed by atoms with Gasteiger partial charge in [-0.25, -0.2) is 4.98 Å². The number of ether oxygens (including phenoxy) is 2. The molecule has 1 amide bonds. The smallest absolute Gasteiger partial charge is 0.257 e. The van der Waals surface area contributed by atoms with Crippen LogP contribution in [-0.2, 0) is 0 Å². The van der Waals surface area contributed by atoms with Crippen molar-refractivity contribution in [2.75, 3.05) is 27.3 Å². The molecule has 0 saturated carbocycles. The number of methoxy groups -OCH3 is 2. The number of carbonyl (C=O) groups excluding carboxylic acids is 1. The number of benzene rings is 1. The molecule has 0 N–H and O–H groups in total. The average Bonchev–Trinajstić information content (AvgIpc) is 3.16. The second-order valence-electron chi connectivity index (χ2n) is 6.02. The normalized spacial score (nSPS) is 13.9. The zero-order valence-electron chi connectivity index (χ0n) is 14.8. The first-order valence-electron chi connectivity index (χ1n) is 8.31. The summed E-state index contributed by atoms with van der Waals surface area (Å²) in [7, 11) is 3.09. The molecule has 27 heavy (non-hydrogen) atoms. The van der Waals surface area contributed by atoms with E-state index in [0.29, 0.717) is 47.6 Å². The molecule has 0 atom stereocenters. The van der Waals surface area contributed by atoms with Crippen molar-refractivity contribution in [3.05, 3.63) is 48.2 Å². The first kappa shape index (κ1) is 17.0. The number of rotatable bonds is 5. The van der Waals surface area contributed by atoms with Crippen molar-refractivity contribution < 1.29 is 18.8 Å². The first-order valence-corrected chi connectivity index (χ1v) is 8.31. The van der Waals surface area contributed by atoms with E-state index in [2.05, 4.69) is 20.1 Å². The molecule has 1 saturated heterocycles. The Morgan fingerprint density at radius 2 is 2.07 bits per heavy atom. The predicted octanol–water partition coefficient (Wildman–Crippen LogP) is 1.78. The molecule has 9 heteroatoms. The van der Waals surface area contributed by atoms with Gasteiger partial charge in [-0.05, 0) is 12.1 Å². The predicted molar refractivity (Wildman–Crippen MR) is 93.5 cm³/mol. The minimum Gasteiger partial charge on any atom is -0.497 e. The van der Waals surface area contributed by atoms with E-state index in [9.17, 15) is 4.79 Å². The Morgan fingerprint density at radius 1 is 1.22 bits per heavy atom. The van der Waals surface area contributed by atoms with Crippen molar-refractivity contribution in [2.24, 2.45) is 0 Å². The fraction of sp³-hybridized carbons (Fsp3) is 0.278. The summed E-state index contributed by atoms with van der Waals surface area (Å²) in [6.07, 6.45) is 4.71. The van der Waals surface area contributed by atoms with Crippen LogP contribution in [0.4, 0.5) is 0 Å². The quantitative estimate of drug-likeness (QED) is 0.672. The van der Waals surface area contributed by atoms with Crippen molar-refractivity contribution in [3.63, 3.8) is 0 Å². The number of likely N-dealkylation sites (tertiary alicyclic amines) is 1. The monoisotopic (exact) mass is 367 g/mol. The molecule has 3 aromatic rings. The van der Waals surface area contributed by atoms with Crippen LogP contribution in [0.3, 0.4) is 0 Å². The van der Waals surface area contributed by atoms with Crippen LogP contribution >= 0.6 is 0 Å². The van der Waals surface area contributed by atoms with E-state index in [1.807, 2.05) is 0 Å². The van der Waals surface area contributed by atoms with Gasteiger partial charge < -0.3 is 18.9 Å². The molecule has 3 heterocycles. The number of hydrogen-bond donors (Lipinski definition) is 0. The highest BCUT2D eigenvalue weighted by Crippen LogP contribution is 2.31. The lowest BCUT2D eigenvalue weighted by atomic mass is 9.98. The summed E-state index contributed by atoms with van der Waals surface area (Å²) in [5.41, 5.74) is 1.03. The highest BCUT2D eigenvalue weighted by Gasteiger charge is 2.37. The van der Waals surface area contributed by atoms with E-state index in [1.165, 1.54) is 7.11 Å². The van der Waals surface area contributed by atoms with Crippen molar-refractivity contribution in [2.45, 2.75) is 5.92 Å². The van der Waals surface area contributed by atoms with Gasteiger partial charge in [-0.15, -0.1) is 0 Å². The first-order chi connectivity index (χ1) is 13.2. The summed E-state index contributed by atoms with van der Waals surface area (Å²) in [6, 6.07) is 5.13. The van der Waals surface area contributed by atoms with E-state index >= 15 is 0 Å². The molecular weight excluding hydrogens is 350 g/mol. The molecule has 0 radical (unpaired) electrons. The van der Waals surface area contributed by atoms with Gasteiger partial charge >= 0.3 is 0 Å². The Balaban J connectivity index is 1.44. The van der Waals surface area contributed by atoms with Gasteiger partial charge in [0.05, 0.1) is 31.9 Å². The van der Waals surface area contributed by atoms with E-state index in [-0.39, 0.29) is 11.8 Å². The van der Waals surface area contributed by atoms with Gasteiger partial charge in [0.25, 0.3) is 5.91 Å². The fourth-order valence-electron chi connectivity index (χ4n) is 2.87. The van der Waals surface area contributed by atoms with Crippen LogP contribution in [0.25, 0.3) is 11.5 Å². The molecule has 1 aliphatic rings. The fourth-order valence-corrected chi connectivity index (χ4v) is 2.87. The van der Waals surface area contributed by atoms with Crippen molar-refractivity contribution in [1.29, 1.82) is 0 Å². The number of nitrogens with zero attached hydrogens (tertiary/aromatic N) is 5. The van der Waals surface area contributed by atoms with Crippen LogP contribution in [0.2, 0.25) is 0 Å². The van der Waals surface area contributed by atoms with E-state index in [0.717, 1.165) is 0 Å². The summed E-state index contributed by atoms with van der Waals surface area (Å²) >= 11 is 0. The van der Waals surface area contributed by atoms with Crippen molar-refractivity contribution in [3.8, 4) is 23.0 Å². The van der Waals surface area contributed by atoms with Gasteiger partial charge in [0.15, 0.2) is 0 Å². The third-order valence-electron chi connectivity index (χ3n) is 4.39. The maximum absolute atomic E-state index is 12.7. The van der Waals surface area contributed by atoms with Gasteiger partial charge in [0.2, 0.25) is 11.7 Å². The molecule has 9 nitrogen and oxygen atoms in total. The van der Waals surface area contributed by atoms with Crippen LogP contribution < -0.4 is 9.47 Å². The summed E-state index contributed by atoms with van der Waals surface area (Å²) < 4.78 is 15.8. The van der Waals surface area contributed by atoms with E-state index in [4.69, 9.17) is 14.0 Å². The Kier molecular flexibility index (Phi) is 4.41. The summed E-state index contributed by atoms with van der Waals surface area (Å²) in [5.74, 6) is 1.87. The second-order valence-corrected chi connectivity index (χ2v) is 6.02. The molecule has 4 rings (SSSR count). The van der Waals surface area contributed by atoms with Crippen LogP contribution in [0, 0.1) is 0 Å². The summed E-state index contributed by atoms with van der Waals surface area (Å²) in [5, 5.41) is 3.94. The molecule has 1 fully saturated rings. The number of carbonyl (C=O) groups is 1. The summed E-state index contributed by atoms with van der Waals surface area (Å²) in [6.45, 7) is 0.992. The molecule has 2 aromatic heterocycles. The second kappa shape index (κ2) is 7.02. The van der Waals surface area contributed by atoms with Gasteiger partial charge in [-0.2, -0.15) is 4.98 Å². The maximum Gasteiger partial charge on any atom is 0.257 e. The van der Waals surface area contributed by atoms with Gasteiger partial charge in [-0.1, -0.05) is 5.16 Å². The molecule has 1 aliphatic heterocycles. The Morgan fingerprint density at radius 3 is 2.78 bits per heavy atom. The SMILES string of the molecule is COc1ccc(C(=O)N2CC(c3nc(-c4cnccn4)no3)C2)c(OC)c1.